The third-order valence-electron chi connectivity index (χ3n) is 2.82. The largest absolute Gasteiger partial charge is 0.497 e. The van der Waals surface area contributed by atoms with Crippen molar-refractivity contribution in [3.8, 4) is 11.5 Å². The summed E-state index contributed by atoms with van der Waals surface area (Å²) in [7, 11) is -3.20. The Morgan fingerprint density at radius 3 is 2.48 bits per heavy atom. The summed E-state index contributed by atoms with van der Waals surface area (Å²) in [5.74, 6) is -2.13. The van der Waals surface area contributed by atoms with Crippen molar-refractivity contribution in [2.45, 2.75) is 4.90 Å². The van der Waals surface area contributed by atoms with Crippen LogP contribution in [0.25, 0.3) is 0 Å². The highest BCUT2D eigenvalue weighted by Gasteiger charge is 2.24. The minimum atomic E-state index is -4.54. The number of rotatable bonds is 5. The number of halogens is 2. The van der Waals surface area contributed by atoms with Crippen LogP contribution in [-0.2, 0) is 10.1 Å². The van der Waals surface area contributed by atoms with E-state index in [-0.39, 0.29) is 22.1 Å². The predicted molar refractivity (Wildman–Crippen MR) is 80.7 cm³/mol. The van der Waals surface area contributed by atoms with E-state index in [0.29, 0.717) is 0 Å². The zero-order chi connectivity index (χ0) is 17.2. The van der Waals surface area contributed by atoms with Crippen molar-refractivity contribution >= 4 is 27.6 Å². The molecule has 0 aromatic heterocycles. The van der Waals surface area contributed by atoms with E-state index in [2.05, 4.69) is 0 Å². The lowest BCUT2D eigenvalue weighted by Gasteiger charge is -2.11. The first-order valence-corrected chi connectivity index (χ1v) is 7.90. The lowest BCUT2D eigenvalue weighted by molar-refractivity contribution is 0.0999. The highest BCUT2D eigenvalue weighted by molar-refractivity contribution is 7.87. The van der Waals surface area contributed by atoms with Crippen molar-refractivity contribution in [3.05, 3.63) is 52.8 Å². The Kier molecular flexibility index (Phi) is 4.76. The molecule has 0 saturated heterocycles. The normalized spacial score (nSPS) is 11.1. The average Bonchev–Trinajstić information content (AvgIpc) is 2.45. The standard InChI is InChI=1S/C14H11ClFNO5S/c1-21-9-3-4-10(14(17)18)12(7-9)22-23(19,20)13-5-2-8(15)6-11(13)16/h2-7H,1H3,(H2,17,18). The SMILES string of the molecule is COc1ccc(C(N)=O)c(OS(=O)(=O)c2ccc(Cl)cc2F)c1. The van der Waals surface area contributed by atoms with Crippen molar-refractivity contribution in [2.24, 2.45) is 5.73 Å². The van der Waals surface area contributed by atoms with Gasteiger partial charge in [-0.05, 0) is 30.3 Å². The Balaban J connectivity index is 2.50. The number of hydrogen-bond donors (Lipinski definition) is 1. The highest BCUT2D eigenvalue weighted by Crippen LogP contribution is 2.29. The topological polar surface area (TPSA) is 95.7 Å². The van der Waals surface area contributed by atoms with Crippen LogP contribution in [0.1, 0.15) is 10.4 Å². The number of nitrogens with two attached hydrogens (primary N) is 1. The van der Waals surface area contributed by atoms with Gasteiger partial charge in [0.05, 0.1) is 12.7 Å². The molecule has 2 aromatic carbocycles. The molecule has 0 saturated carbocycles. The van der Waals surface area contributed by atoms with Crippen molar-refractivity contribution < 1.29 is 26.5 Å². The molecule has 9 heteroatoms. The summed E-state index contributed by atoms with van der Waals surface area (Å²) in [6.45, 7) is 0. The molecule has 122 valence electrons. The molecule has 0 fully saturated rings. The molecule has 0 bridgehead atoms. The summed E-state index contributed by atoms with van der Waals surface area (Å²) in [4.78, 5) is 10.6. The number of carbonyl (C=O) groups is 1. The molecular weight excluding hydrogens is 349 g/mol. The summed E-state index contributed by atoms with van der Waals surface area (Å²) >= 11 is 5.58. The van der Waals surface area contributed by atoms with Gasteiger partial charge in [0.1, 0.15) is 16.5 Å². The maximum absolute atomic E-state index is 13.8. The van der Waals surface area contributed by atoms with E-state index in [4.69, 9.17) is 26.3 Å². The summed E-state index contributed by atoms with van der Waals surface area (Å²) in [6.07, 6.45) is 0. The molecule has 0 unspecified atom stereocenters. The van der Waals surface area contributed by atoms with Crippen LogP contribution in [0.5, 0.6) is 11.5 Å². The molecule has 6 nitrogen and oxygen atoms in total. The van der Waals surface area contributed by atoms with E-state index < -0.39 is 26.7 Å². The van der Waals surface area contributed by atoms with Crippen LogP contribution in [-0.4, -0.2) is 21.4 Å². The molecule has 23 heavy (non-hydrogen) atoms. The lowest BCUT2D eigenvalue weighted by atomic mass is 10.2. The number of ether oxygens (including phenoxy) is 1. The number of benzene rings is 2. The molecule has 2 N–H and O–H groups in total. The van der Waals surface area contributed by atoms with Crippen molar-refractivity contribution in [1.29, 1.82) is 0 Å². The van der Waals surface area contributed by atoms with Gasteiger partial charge >= 0.3 is 10.1 Å². The fraction of sp³-hybridized carbons (Fsp3) is 0.0714. The van der Waals surface area contributed by atoms with Gasteiger partial charge in [-0.25, -0.2) is 4.39 Å². The summed E-state index contributed by atoms with van der Waals surface area (Å²) in [5, 5.41) is 0.0284. The highest BCUT2D eigenvalue weighted by atomic mass is 35.5. The van der Waals surface area contributed by atoms with Crippen molar-refractivity contribution in [2.75, 3.05) is 7.11 Å². The van der Waals surface area contributed by atoms with Crippen LogP contribution in [0.15, 0.2) is 41.3 Å². The van der Waals surface area contributed by atoms with Crippen molar-refractivity contribution in [1.82, 2.24) is 0 Å². The Hall–Kier alpha value is -2.32. The molecule has 0 aliphatic carbocycles. The number of methoxy groups -OCH3 is 1. The van der Waals surface area contributed by atoms with Gasteiger partial charge in [0, 0.05) is 11.1 Å². The lowest BCUT2D eigenvalue weighted by Crippen LogP contribution is -2.17. The Bertz CT molecular complexity index is 869. The van der Waals surface area contributed by atoms with Gasteiger partial charge in [-0.2, -0.15) is 8.42 Å². The van der Waals surface area contributed by atoms with E-state index >= 15 is 0 Å². The minimum absolute atomic E-state index is 0.0284. The third kappa shape index (κ3) is 3.72. The van der Waals surface area contributed by atoms with Crippen LogP contribution < -0.4 is 14.7 Å². The fourth-order valence-corrected chi connectivity index (χ4v) is 2.90. The molecule has 2 rings (SSSR count). The molecule has 2 aromatic rings. The van der Waals surface area contributed by atoms with Gasteiger partial charge in [0.2, 0.25) is 0 Å². The summed E-state index contributed by atoms with van der Waals surface area (Å²) in [5.41, 5.74) is 4.98. The summed E-state index contributed by atoms with van der Waals surface area (Å²) < 4.78 is 48.0. The monoisotopic (exact) mass is 359 g/mol. The molecule has 0 spiro atoms. The van der Waals surface area contributed by atoms with Gasteiger partial charge in [0.25, 0.3) is 5.91 Å². The maximum atomic E-state index is 13.8. The molecule has 0 radical (unpaired) electrons. The van der Waals surface area contributed by atoms with E-state index in [1.54, 1.807) is 0 Å². The first kappa shape index (κ1) is 17.0. The minimum Gasteiger partial charge on any atom is -0.497 e. The molecule has 0 aliphatic heterocycles. The van der Waals surface area contributed by atoms with Crippen LogP contribution in [0, 0.1) is 5.82 Å². The van der Waals surface area contributed by atoms with Gasteiger partial charge in [-0.15, -0.1) is 0 Å². The Morgan fingerprint density at radius 2 is 1.91 bits per heavy atom. The average molecular weight is 360 g/mol. The second-order valence-electron chi connectivity index (χ2n) is 4.34. The van der Waals surface area contributed by atoms with E-state index in [1.165, 1.54) is 25.3 Å². The Labute approximate surface area is 136 Å². The Morgan fingerprint density at radius 1 is 1.22 bits per heavy atom. The van der Waals surface area contributed by atoms with Gasteiger partial charge in [0.15, 0.2) is 5.75 Å². The first-order valence-electron chi connectivity index (χ1n) is 6.12. The van der Waals surface area contributed by atoms with E-state index in [1.807, 2.05) is 0 Å². The predicted octanol–water partition coefficient (Wildman–Crippen LogP) is 2.35. The van der Waals surface area contributed by atoms with E-state index in [0.717, 1.165) is 18.2 Å². The molecule has 1 amide bonds. The van der Waals surface area contributed by atoms with Gasteiger partial charge in [-0.1, -0.05) is 11.6 Å². The number of carbonyl (C=O) groups excluding carboxylic acids is 1. The third-order valence-corrected chi connectivity index (χ3v) is 4.32. The smallest absolute Gasteiger partial charge is 0.342 e. The summed E-state index contributed by atoms with van der Waals surface area (Å²) in [6, 6.07) is 6.79. The zero-order valence-electron chi connectivity index (χ0n) is 11.7. The van der Waals surface area contributed by atoms with E-state index in [9.17, 15) is 17.6 Å². The van der Waals surface area contributed by atoms with Gasteiger partial charge in [-0.3, -0.25) is 4.79 Å². The molecular formula is C14H11ClFNO5S. The van der Waals surface area contributed by atoms with Crippen LogP contribution in [0.4, 0.5) is 4.39 Å². The van der Waals surface area contributed by atoms with Gasteiger partial charge < -0.3 is 14.7 Å². The van der Waals surface area contributed by atoms with Crippen molar-refractivity contribution in [3.63, 3.8) is 0 Å². The fourth-order valence-electron chi connectivity index (χ4n) is 1.74. The zero-order valence-corrected chi connectivity index (χ0v) is 13.3. The molecule has 0 heterocycles. The first-order chi connectivity index (χ1) is 10.7. The van der Waals surface area contributed by atoms with Crippen LogP contribution in [0.3, 0.4) is 0 Å². The molecule has 0 atom stereocenters. The molecule has 0 aliphatic rings. The quantitative estimate of drug-likeness (QED) is 0.827. The second-order valence-corrected chi connectivity index (χ2v) is 6.29. The number of hydrogen-bond acceptors (Lipinski definition) is 5. The van der Waals surface area contributed by atoms with Crippen LogP contribution in [0.2, 0.25) is 5.02 Å². The number of primary amides is 1. The van der Waals surface area contributed by atoms with Crippen LogP contribution >= 0.6 is 11.6 Å². The number of amides is 1. The maximum Gasteiger partial charge on any atom is 0.342 e. The second kappa shape index (κ2) is 6.43.